The molecule has 0 aliphatic rings. The van der Waals surface area contributed by atoms with E-state index in [9.17, 15) is 14.3 Å². The molecule has 0 aliphatic heterocycles. The third-order valence-corrected chi connectivity index (χ3v) is 9.67. The van der Waals surface area contributed by atoms with E-state index in [4.69, 9.17) is 24.3 Å². The topological polar surface area (TPSA) is 117 Å². The fraction of sp³-hybridized carbons (Fsp3) is 0.875. The number of esters is 1. The van der Waals surface area contributed by atoms with Crippen LogP contribution in [-0.2, 0) is 27.9 Å². The van der Waals surface area contributed by atoms with Crippen molar-refractivity contribution in [2.45, 2.75) is 200 Å². The molecule has 0 saturated heterocycles. The van der Waals surface area contributed by atoms with E-state index < -0.39 is 13.9 Å². The molecule has 0 heterocycles. The van der Waals surface area contributed by atoms with Crippen LogP contribution in [0.25, 0.3) is 0 Å². The molecule has 49 heavy (non-hydrogen) atoms. The Morgan fingerprint density at radius 1 is 0.612 bits per heavy atom. The molecule has 3 N–H and O–H groups in total. The van der Waals surface area contributed by atoms with Crippen molar-refractivity contribution in [3.05, 3.63) is 24.5 Å². The van der Waals surface area contributed by atoms with Gasteiger partial charge in [-0.25, -0.2) is 4.57 Å². The summed E-state index contributed by atoms with van der Waals surface area (Å²) in [6.07, 6.45) is 41.4. The Bertz CT molecular complexity index is 807. The largest absolute Gasteiger partial charge is 0.498 e. The minimum Gasteiger partial charge on any atom is -0.498 e. The molecular formula is C40H78NO7P. The van der Waals surface area contributed by atoms with Crippen molar-refractivity contribution in [1.82, 2.24) is 0 Å². The van der Waals surface area contributed by atoms with Gasteiger partial charge in [-0.2, -0.15) is 0 Å². The lowest BCUT2D eigenvalue weighted by molar-refractivity contribution is -0.153. The molecule has 0 fully saturated rings. The lowest BCUT2D eigenvalue weighted by atomic mass is 10.0. The number of nitrogens with two attached hydrogens (primary N) is 1. The molecule has 9 heteroatoms. The molecule has 0 saturated carbocycles. The fourth-order valence-electron chi connectivity index (χ4n) is 5.66. The van der Waals surface area contributed by atoms with Crippen LogP contribution in [0.5, 0.6) is 0 Å². The molecule has 0 spiro atoms. The Labute approximate surface area is 302 Å². The highest BCUT2D eigenvalue weighted by Gasteiger charge is 2.25. The van der Waals surface area contributed by atoms with Crippen molar-refractivity contribution in [3.63, 3.8) is 0 Å². The number of carbonyl (C=O) groups excluding carboxylic acids is 1. The second kappa shape index (κ2) is 38.1. The number of ether oxygens (including phenoxy) is 2. The van der Waals surface area contributed by atoms with Crippen LogP contribution >= 0.6 is 7.82 Å². The number of phosphoric ester groups is 1. The monoisotopic (exact) mass is 716 g/mol. The van der Waals surface area contributed by atoms with E-state index in [1.54, 1.807) is 6.26 Å². The van der Waals surface area contributed by atoms with Crippen LogP contribution in [0.2, 0.25) is 0 Å². The summed E-state index contributed by atoms with van der Waals surface area (Å²) in [5.41, 5.74) is 5.35. The number of unbranched alkanes of at least 4 members (excludes halogenated alkanes) is 24. The smallest absolute Gasteiger partial charge is 0.472 e. The summed E-state index contributed by atoms with van der Waals surface area (Å²) in [5, 5.41) is 0. The van der Waals surface area contributed by atoms with Crippen LogP contribution in [0.4, 0.5) is 0 Å². The van der Waals surface area contributed by atoms with Crippen molar-refractivity contribution >= 4 is 13.8 Å². The summed E-state index contributed by atoms with van der Waals surface area (Å²) in [6, 6.07) is 0. The van der Waals surface area contributed by atoms with Gasteiger partial charge in [0.05, 0.1) is 19.5 Å². The minimum absolute atomic E-state index is 0.0319. The Kier molecular flexibility index (Phi) is 37.1. The maximum absolute atomic E-state index is 12.5. The van der Waals surface area contributed by atoms with E-state index in [0.717, 1.165) is 44.9 Å². The zero-order valence-corrected chi connectivity index (χ0v) is 32.8. The zero-order chi connectivity index (χ0) is 35.9. The van der Waals surface area contributed by atoms with Gasteiger partial charge in [-0.15, -0.1) is 0 Å². The normalized spacial score (nSPS) is 13.7. The average molecular weight is 716 g/mol. The number of hydrogen-bond acceptors (Lipinski definition) is 7. The second-order valence-electron chi connectivity index (χ2n) is 13.6. The molecule has 8 nitrogen and oxygen atoms in total. The summed E-state index contributed by atoms with van der Waals surface area (Å²) in [4.78, 5) is 22.4. The Balaban J connectivity index is 4.11. The molecular weight excluding hydrogens is 637 g/mol. The van der Waals surface area contributed by atoms with Gasteiger partial charge in [0.25, 0.3) is 0 Å². The third kappa shape index (κ3) is 37.9. The van der Waals surface area contributed by atoms with Crippen LogP contribution in [0.3, 0.4) is 0 Å². The minimum atomic E-state index is -4.29. The van der Waals surface area contributed by atoms with Crippen molar-refractivity contribution in [2.75, 3.05) is 26.4 Å². The molecule has 0 aromatic heterocycles. The van der Waals surface area contributed by atoms with Crippen LogP contribution in [0.15, 0.2) is 24.5 Å². The lowest BCUT2D eigenvalue weighted by Gasteiger charge is -2.19. The molecule has 0 aromatic rings. The number of hydrogen-bond donors (Lipinski definition) is 2. The lowest BCUT2D eigenvalue weighted by Crippen LogP contribution is -2.27. The van der Waals surface area contributed by atoms with Crippen LogP contribution < -0.4 is 5.73 Å². The van der Waals surface area contributed by atoms with E-state index in [-0.39, 0.29) is 32.3 Å². The molecule has 0 radical (unpaired) electrons. The Hall–Kier alpha value is -1.18. The number of allylic oxidation sites excluding steroid dienone is 3. The Morgan fingerprint density at radius 3 is 1.51 bits per heavy atom. The summed E-state index contributed by atoms with van der Waals surface area (Å²) in [5.74, 6) is -0.360. The predicted octanol–water partition coefficient (Wildman–Crippen LogP) is 12.0. The van der Waals surface area contributed by atoms with Crippen molar-refractivity contribution < 1.29 is 32.8 Å². The molecule has 1 unspecified atom stereocenters. The quantitative estimate of drug-likeness (QED) is 0.0212. The van der Waals surface area contributed by atoms with E-state index in [2.05, 4.69) is 26.0 Å². The summed E-state index contributed by atoms with van der Waals surface area (Å²) >= 11 is 0. The number of carbonyl (C=O) groups is 1. The average Bonchev–Trinajstić information content (AvgIpc) is 3.09. The third-order valence-electron chi connectivity index (χ3n) is 8.69. The maximum Gasteiger partial charge on any atom is 0.472 e. The van der Waals surface area contributed by atoms with E-state index in [1.807, 2.05) is 6.08 Å². The van der Waals surface area contributed by atoms with Crippen LogP contribution in [-0.4, -0.2) is 43.3 Å². The van der Waals surface area contributed by atoms with Gasteiger partial charge in [0.2, 0.25) is 0 Å². The fourth-order valence-corrected chi connectivity index (χ4v) is 6.43. The number of phosphoric acid groups is 1. The number of rotatable bonds is 39. The van der Waals surface area contributed by atoms with E-state index >= 15 is 0 Å². The summed E-state index contributed by atoms with van der Waals surface area (Å²) in [6.45, 7) is 4.23. The molecule has 0 rings (SSSR count). The highest BCUT2D eigenvalue weighted by Crippen LogP contribution is 2.43. The first-order chi connectivity index (χ1) is 23.9. The van der Waals surface area contributed by atoms with Gasteiger partial charge < -0.3 is 20.1 Å². The van der Waals surface area contributed by atoms with Gasteiger partial charge in [-0.1, -0.05) is 154 Å². The van der Waals surface area contributed by atoms with E-state index in [0.29, 0.717) is 6.42 Å². The first kappa shape index (κ1) is 47.8. The van der Waals surface area contributed by atoms with Crippen LogP contribution in [0, 0.1) is 0 Å². The van der Waals surface area contributed by atoms with E-state index in [1.165, 1.54) is 128 Å². The van der Waals surface area contributed by atoms with Crippen molar-refractivity contribution in [1.29, 1.82) is 0 Å². The van der Waals surface area contributed by atoms with Gasteiger partial charge in [-0.3, -0.25) is 13.8 Å². The zero-order valence-electron chi connectivity index (χ0n) is 31.9. The van der Waals surface area contributed by atoms with Gasteiger partial charge in [0, 0.05) is 13.0 Å². The van der Waals surface area contributed by atoms with Gasteiger partial charge >= 0.3 is 13.8 Å². The second-order valence-corrected chi connectivity index (χ2v) is 15.0. The standard InChI is InChI=1S/C40H78NO7P/c1-3-5-7-9-11-13-15-17-19-20-22-24-26-28-30-32-35-45-37-39(38-47-49(43,44)46-36-34-41)48-40(42)33-31-29-27-25-23-21-18-16-14-12-10-8-6-4-2/h16,18,32,35,39H,3-15,17,19-31,33-34,36-38,41H2,1-2H3,(H,43,44)/b18-16-,35-32-/t39-/m1/s1. The molecule has 290 valence electrons. The maximum atomic E-state index is 12.5. The van der Waals surface area contributed by atoms with Gasteiger partial charge in [0.1, 0.15) is 6.61 Å². The first-order valence-electron chi connectivity index (χ1n) is 20.4. The van der Waals surface area contributed by atoms with Gasteiger partial charge in [0.15, 0.2) is 6.10 Å². The predicted molar refractivity (Wildman–Crippen MR) is 206 cm³/mol. The molecule has 2 atom stereocenters. The first-order valence-corrected chi connectivity index (χ1v) is 21.9. The molecule has 0 aliphatic carbocycles. The van der Waals surface area contributed by atoms with Gasteiger partial charge in [-0.05, 0) is 51.0 Å². The molecule has 0 amide bonds. The van der Waals surface area contributed by atoms with Crippen molar-refractivity contribution in [2.24, 2.45) is 5.73 Å². The molecule has 0 bridgehead atoms. The van der Waals surface area contributed by atoms with Crippen molar-refractivity contribution in [3.8, 4) is 0 Å². The molecule has 0 aromatic carbocycles. The summed E-state index contributed by atoms with van der Waals surface area (Å²) in [7, 11) is -4.29. The van der Waals surface area contributed by atoms with Crippen LogP contribution in [0.1, 0.15) is 194 Å². The highest BCUT2D eigenvalue weighted by atomic mass is 31.2. The summed E-state index contributed by atoms with van der Waals surface area (Å²) < 4.78 is 33.1. The highest BCUT2D eigenvalue weighted by molar-refractivity contribution is 7.47. The Morgan fingerprint density at radius 2 is 1.04 bits per heavy atom. The SMILES string of the molecule is CCCCCCC/C=C\CCCCCCCC(=O)O[C@H](CO/C=C\CCCCCCCCCCCCCCCC)COP(=O)(O)OCCN.